The van der Waals surface area contributed by atoms with E-state index in [4.69, 9.17) is 9.47 Å². The Bertz CT molecular complexity index is 1760. The monoisotopic (exact) mass is 1340 g/mol. The molecular formula is C91H164O5. The number of ether oxygens (including phenoxy) is 2. The lowest BCUT2D eigenvalue weighted by molar-refractivity contribution is -0.161. The van der Waals surface area contributed by atoms with Gasteiger partial charge in [-0.2, -0.15) is 0 Å². The van der Waals surface area contributed by atoms with Gasteiger partial charge >= 0.3 is 11.9 Å². The molecule has 1 atom stereocenters. The Balaban J connectivity index is 3.39. The minimum atomic E-state index is -0.774. The van der Waals surface area contributed by atoms with Crippen LogP contribution in [0, 0.1) is 0 Å². The molecular weight excluding hydrogens is 1170 g/mol. The van der Waals surface area contributed by atoms with Crippen molar-refractivity contribution >= 4 is 11.9 Å². The van der Waals surface area contributed by atoms with Crippen LogP contribution in [-0.2, 0) is 19.1 Å². The van der Waals surface area contributed by atoms with Crippen LogP contribution < -0.4 is 0 Å². The summed E-state index contributed by atoms with van der Waals surface area (Å²) in [5, 5.41) is 9.74. The molecule has 0 aliphatic heterocycles. The molecule has 96 heavy (non-hydrogen) atoms. The van der Waals surface area contributed by atoms with Crippen molar-refractivity contribution < 1.29 is 24.2 Å². The number of carbonyl (C=O) groups excluding carboxylic acids is 2. The first-order valence-corrected chi connectivity index (χ1v) is 42.8. The third-order valence-corrected chi connectivity index (χ3v) is 19.4. The molecule has 0 heterocycles. The first-order valence-electron chi connectivity index (χ1n) is 42.8. The maximum absolute atomic E-state index is 12.4. The SMILES string of the molecule is CC/C=C\C/C=C\C/C=C\C/C=C\C/C=C\C/C=C\C/C=C\CCCCCCCCCCCCCCCCCCCCCC(=O)OC(CO)COC(=O)CCCCCCCCCCCCCCCCCCCCCCCCCCCCCCC/C=C\CCCCCCCCCC. The van der Waals surface area contributed by atoms with E-state index in [2.05, 4.69) is 111 Å². The van der Waals surface area contributed by atoms with Gasteiger partial charge in [-0.25, -0.2) is 0 Å². The van der Waals surface area contributed by atoms with E-state index >= 15 is 0 Å². The highest BCUT2D eigenvalue weighted by atomic mass is 16.6. The number of hydrogen-bond acceptors (Lipinski definition) is 5. The minimum absolute atomic E-state index is 0.0618. The lowest BCUT2D eigenvalue weighted by Gasteiger charge is -2.15. The van der Waals surface area contributed by atoms with Crippen molar-refractivity contribution in [2.45, 2.75) is 457 Å². The second-order valence-corrected chi connectivity index (χ2v) is 28.9. The fourth-order valence-corrected chi connectivity index (χ4v) is 13.0. The quantitative estimate of drug-likeness (QED) is 0.0373. The third-order valence-electron chi connectivity index (χ3n) is 19.4. The van der Waals surface area contributed by atoms with Gasteiger partial charge in [-0.3, -0.25) is 9.59 Å². The van der Waals surface area contributed by atoms with E-state index < -0.39 is 6.10 Å². The van der Waals surface area contributed by atoms with Crippen LogP contribution in [-0.4, -0.2) is 36.4 Å². The molecule has 0 aliphatic carbocycles. The van der Waals surface area contributed by atoms with Crippen LogP contribution >= 0.6 is 0 Å². The molecule has 0 amide bonds. The summed E-state index contributed by atoms with van der Waals surface area (Å²) < 4.78 is 10.8. The summed E-state index contributed by atoms with van der Waals surface area (Å²) in [5.41, 5.74) is 0. The van der Waals surface area contributed by atoms with Gasteiger partial charge in [-0.05, 0) is 96.3 Å². The first-order chi connectivity index (χ1) is 47.6. The molecule has 5 heteroatoms. The van der Waals surface area contributed by atoms with Gasteiger partial charge in [0.05, 0.1) is 6.61 Å². The van der Waals surface area contributed by atoms with Crippen molar-refractivity contribution in [1.82, 2.24) is 0 Å². The Morgan fingerprint density at radius 2 is 0.448 bits per heavy atom. The normalized spacial score (nSPS) is 12.7. The van der Waals surface area contributed by atoms with Gasteiger partial charge in [0.2, 0.25) is 0 Å². The number of esters is 2. The molecule has 0 rings (SSSR count). The van der Waals surface area contributed by atoms with E-state index in [1.165, 1.54) is 340 Å². The van der Waals surface area contributed by atoms with Crippen molar-refractivity contribution in [2.75, 3.05) is 13.2 Å². The number of rotatable bonds is 80. The number of aliphatic hydroxyl groups is 1. The van der Waals surface area contributed by atoms with Gasteiger partial charge in [0, 0.05) is 12.8 Å². The molecule has 0 saturated carbocycles. The maximum atomic E-state index is 12.4. The van der Waals surface area contributed by atoms with Crippen LogP contribution in [0.2, 0.25) is 0 Å². The Hall–Kier alpha value is -3.18. The fourth-order valence-electron chi connectivity index (χ4n) is 13.0. The molecule has 0 radical (unpaired) electrons. The second kappa shape index (κ2) is 86.0. The summed E-state index contributed by atoms with van der Waals surface area (Å²) >= 11 is 0. The van der Waals surface area contributed by atoms with Crippen LogP contribution in [0.25, 0.3) is 0 Å². The summed E-state index contributed by atoms with van der Waals surface area (Å²) in [6, 6.07) is 0. The smallest absolute Gasteiger partial charge is 0.306 e. The second-order valence-electron chi connectivity index (χ2n) is 28.9. The molecule has 1 N–H and O–H groups in total. The molecule has 0 aliphatic rings. The van der Waals surface area contributed by atoms with Gasteiger partial charge in [0.15, 0.2) is 6.10 Å². The average molecular weight is 1340 g/mol. The van der Waals surface area contributed by atoms with E-state index in [0.717, 1.165) is 83.5 Å². The molecule has 0 aromatic rings. The van der Waals surface area contributed by atoms with E-state index in [1.54, 1.807) is 0 Å². The van der Waals surface area contributed by atoms with Crippen LogP contribution in [0.3, 0.4) is 0 Å². The highest BCUT2D eigenvalue weighted by Gasteiger charge is 2.16. The summed E-state index contributed by atoms with van der Waals surface area (Å²) in [7, 11) is 0. The molecule has 1 unspecified atom stereocenters. The lowest BCUT2D eigenvalue weighted by atomic mass is 10.0. The van der Waals surface area contributed by atoms with Gasteiger partial charge in [0.1, 0.15) is 6.61 Å². The van der Waals surface area contributed by atoms with Gasteiger partial charge < -0.3 is 14.6 Å². The molecule has 0 fully saturated rings. The molecule has 0 bridgehead atoms. The fraction of sp³-hybridized carbons (Fsp3) is 0.802. The zero-order chi connectivity index (χ0) is 69.0. The first kappa shape index (κ1) is 92.8. The Kier molecular flexibility index (Phi) is 83.2. The molecule has 0 saturated heterocycles. The van der Waals surface area contributed by atoms with Crippen molar-refractivity contribution in [2.24, 2.45) is 0 Å². The highest BCUT2D eigenvalue weighted by Crippen LogP contribution is 2.20. The number of aliphatic hydroxyl groups excluding tert-OH is 1. The predicted octanol–water partition coefficient (Wildman–Crippen LogP) is 30.4. The van der Waals surface area contributed by atoms with Crippen LogP contribution in [0.5, 0.6) is 0 Å². The number of hydrogen-bond donors (Lipinski definition) is 1. The van der Waals surface area contributed by atoms with Gasteiger partial charge in [-0.1, -0.05) is 439 Å². The van der Waals surface area contributed by atoms with Gasteiger partial charge in [-0.15, -0.1) is 0 Å². The Labute approximate surface area is 599 Å². The summed E-state index contributed by atoms with van der Waals surface area (Å²) in [5.74, 6) is -0.568. The summed E-state index contributed by atoms with van der Waals surface area (Å²) in [4.78, 5) is 24.8. The summed E-state index contributed by atoms with van der Waals surface area (Å²) in [6.07, 6.45) is 124. The standard InChI is InChI=1S/C91H164O5/c1-3-5-7-9-11-13-15-17-19-21-23-25-27-29-31-33-35-37-39-41-43-45-47-49-51-53-55-57-59-61-63-65-67-69-71-73-75-77-79-81-83-85-90(93)95-88-89(87-92)96-91(94)86-84-82-80-78-76-74-72-70-68-66-64-62-60-58-56-54-52-50-48-46-44-42-40-38-36-34-32-30-28-26-24-22-20-18-16-14-12-10-8-6-4-2/h6,8,12,14,18,20-21,23-24,26,30,32,36,38,42,44,89,92H,3-5,7,9-11,13,15-17,19,22,25,27-29,31,33-35,37,39-41,43,45-88H2,1-2H3/b8-6-,14-12-,20-18-,23-21-,26-24-,32-30-,38-36-,44-42-. The predicted molar refractivity (Wildman–Crippen MR) is 426 cm³/mol. The molecule has 558 valence electrons. The van der Waals surface area contributed by atoms with E-state index in [0.29, 0.717) is 12.8 Å². The Morgan fingerprint density at radius 3 is 0.688 bits per heavy atom. The van der Waals surface area contributed by atoms with Crippen LogP contribution in [0.1, 0.15) is 450 Å². The van der Waals surface area contributed by atoms with E-state index in [-0.39, 0.29) is 25.2 Å². The largest absolute Gasteiger partial charge is 0.462 e. The number of carbonyl (C=O) groups is 2. The van der Waals surface area contributed by atoms with Crippen molar-refractivity contribution in [3.63, 3.8) is 0 Å². The van der Waals surface area contributed by atoms with E-state index in [9.17, 15) is 14.7 Å². The lowest BCUT2D eigenvalue weighted by Crippen LogP contribution is -2.28. The van der Waals surface area contributed by atoms with Crippen molar-refractivity contribution in [3.8, 4) is 0 Å². The van der Waals surface area contributed by atoms with Crippen molar-refractivity contribution in [1.29, 1.82) is 0 Å². The van der Waals surface area contributed by atoms with E-state index in [1.807, 2.05) is 0 Å². The van der Waals surface area contributed by atoms with Crippen molar-refractivity contribution in [3.05, 3.63) is 97.2 Å². The zero-order valence-electron chi connectivity index (χ0n) is 64.4. The van der Waals surface area contributed by atoms with Crippen LogP contribution in [0.15, 0.2) is 97.2 Å². The van der Waals surface area contributed by atoms with Gasteiger partial charge in [0.25, 0.3) is 0 Å². The Morgan fingerprint density at radius 1 is 0.250 bits per heavy atom. The van der Waals surface area contributed by atoms with Crippen LogP contribution in [0.4, 0.5) is 0 Å². The molecule has 5 nitrogen and oxygen atoms in total. The zero-order valence-corrected chi connectivity index (χ0v) is 64.4. The number of unbranched alkanes of at least 4 members (excludes halogenated alkanes) is 56. The topological polar surface area (TPSA) is 72.8 Å². The minimum Gasteiger partial charge on any atom is -0.462 e. The molecule has 0 spiro atoms. The summed E-state index contributed by atoms with van der Waals surface area (Å²) in [6.45, 7) is 4.08. The number of allylic oxidation sites excluding steroid dienone is 16. The molecule has 0 aromatic heterocycles. The maximum Gasteiger partial charge on any atom is 0.306 e. The highest BCUT2D eigenvalue weighted by molar-refractivity contribution is 5.70. The molecule has 0 aromatic carbocycles. The average Bonchev–Trinajstić information content (AvgIpc) is 3.79. The third kappa shape index (κ3) is 83.2.